The third-order valence-corrected chi connectivity index (χ3v) is 3.02. The number of carbonyl (C=O) groups is 1. The quantitative estimate of drug-likeness (QED) is 0.648. The minimum Gasteiger partial charge on any atom is -0.465 e. The van der Waals surface area contributed by atoms with E-state index in [1.165, 1.54) is 0 Å². The van der Waals surface area contributed by atoms with Gasteiger partial charge in [0.25, 0.3) is 0 Å². The van der Waals surface area contributed by atoms with E-state index in [4.69, 9.17) is 4.74 Å². The number of esters is 1. The molecule has 7 nitrogen and oxygen atoms in total. The van der Waals surface area contributed by atoms with Crippen molar-refractivity contribution >= 4 is 5.97 Å². The highest BCUT2D eigenvalue weighted by atomic mass is 16.5. The number of rotatable bonds is 8. The summed E-state index contributed by atoms with van der Waals surface area (Å²) in [7, 11) is 0. The maximum Gasteiger partial charge on any atom is 0.320 e. The van der Waals surface area contributed by atoms with Crippen molar-refractivity contribution in [2.45, 2.75) is 45.7 Å². The van der Waals surface area contributed by atoms with Gasteiger partial charge in [-0.25, -0.2) is 4.68 Å². The van der Waals surface area contributed by atoms with Crippen LogP contribution in [-0.2, 0) is 16.1 Å². The normalized spacial score (nSPS) is 14.9. The molecule has 0 amide bonds. The topological polar surface area (TPSA) is 73.1 Å². The molecule has 1 aliphatic rings. The molecule has 1 aliphatic carbocycles. The van der Waals surface area contributed by atoms with Crippen molar-refractivity contribution in [3.05, 3.63) is 5.82 Å². The van der Waals surface area contributed by atoms with E-state index in [-0.39, 0.29) is 5.97 Å². The molecule has 1 aromatic heterocycles. The second-order valence-electron chi connectivity index (χ2n) is 4.79. The van der Waals surface area contributed by atoms with Crippen molar-refractivity contribution in [2.75, 3.05) is 19.7 Å². The summed E-state index contributed by atoms with van der Waals surface area (Å²) in [4.78, 5) is 13.6. The molecule has 1 saturated carbocycles. The van der Waals surface area contributed by atoms with Crippen molar-refractivity contribution in [1.29, 1.82) is 0 Å². The predicted molar refractivity (Wildman–Crippen MR) is 68.3 cm³/mol. The number of tetrazole rings is 1. The van der Waals surface area contributed by atoms with Crippen LogP contribution < -0.4 is 0 Å². The van der Waals surface area contributed by atoms with Gasteiger partial charge in [0.1, 0.15) is 0 Å². The lowest BCUT2D eigenvalue weighted by molar-refractivity contribution is -0.144. The summed E-state index contributed by atoms with van der Waals surface area (Å²) >= 11 is 0. The van der Waals surface area contributed by atoms with E-state index in [2.05, 4.69) is 22.4 Å². The molecule has 7 heteroatoms. The molecule has 0 saturated heterocycles. The van der Waals surface area contributed by atoms with Crippen molar-refractivity contribution in [1.82, 2.24) is 25.1 Å². The molecule has 1 aromatic rings. The number of hydrogen-bond acceptors (Lipinski definition) is 6. The highest BCUT2D eigenvalue weighted by molar-refractivity contribution is 5.71. The molecular formula is C12H21N5O2. The summed E-state index contributed by atoms with van der Waals surface area (Å²) in [5.74, 6) is 0.640. The van der Waals surface area contributed by atoms with Gasteiger partial charge >= 0.3 is 5.97 Å². The zero-order valence-corrected chi connectivity index (χ0v) is 11.6. The van der Waals surface area contributed by atoms with Crippen LogP contribution in [0.1, 0.15) is 45.0 Å². The monoisotopic (exact) mass is 267 g/mol. The molecule has 1 heterocycles. The average molecular weight is 267 g/mol. The number of nitrogens with zero attached hydrogens (tertiary/aromatic N) is 5. The molecule has 19 heavy (non-hydrogen) atoms. The standard InChI is InChI=1S/C12H21N5O2/c1-3-7-16(9-12(18)19-4-2)8-11-13-14-15-17(11)10-5-6-10/h10H,3-9H2,1-2H3. The Hall–Kier alpha value is -1.50. The van der Waals surface area contributed by atoms with Crippen LogP contribution in [0.5, 0.6) is 0 Å². The molecule has 0 N–H and O–H groups in total. The van der Waals surface area contributed by atoms with Gasteiger partial charge in [0, 0.05) is 0 Å². The van der Waals surface area contributed by atoms with E-state index in [1.54, 1.807) is 0 Å². The second kappa shape index (κ2) is 6.60. The van der Waals surface area contributed by atoms with Crippen LogP contribution in [0.25, 0.3) is 0 Å². The smallest absolute Gasteiger partial charge is 0.320 e. The van der Waals surface area contributed by atoms with Crippen LogP contribution in [0.2, 0.25) is 0 Å². The molecule has 0 unspecified atom stereocenters. The van der Waals surface area contributed by atoms with Gasteiger partial charge in [-0.15, -0.1) is 5.10 Å². The fraction of sp³-hybridized carbons (Fsp3) is 0.833. The fourth-order valence-corrected chi connectivity index (χ4v) is 2.04. The Balaban J connectivity index is 1.94. The lowest BCUT2D eigenvalue weighted by atomic mass is 10.3. The third kappa shape index (κ3) is 3.99. The summed E-state index contributed by atoms with van der Waals surface area (Å²) in [6.07, 6.45) is 3.26. The van der Waals surface area contributed by atoms with Gasteiger partial charge in [-0.05, 0) is 43.2 Å². The second-order valence-corrected chi connectivity index (χ2v) is 4.79. The van der Waals surface area contributed by atoms with E-state index in [1.807, 2.05) is 16.5 Å². The van der Waals surface area contributed by atoms with E-state index in [9.17, 15) is 4.79 Å². The first-order valence-electron chi connectivity index (χ1n) is 6.89. The Morgan fingerprint density at radius 3 is 2.89 bits per heavy atom. The van der Waals surface area contributed by atoms with E-state index < -0.39 is 0 Å². The van der Waals surface area contributed by atoms with Gasteiger partial charge in [-0.2, -0.15) is 0 Å². The van der Waals surface area contributed by atoms with Gasteiger partial charge in [0.05, 0.1) is 25.7 Å². The molecule has 0 aromatic carbocycles. The molecule has 0 bridgehead atoms. The Kier molecular flexibility index (Phi) is 4.84. The Labute approximate surface area is 112 Å². The Morgan fingerprint density at radius 1 is 1.47 bits per heavy atom. The first kappa shape index (κ1) is 13.9. The third-order valence-electron chi connectivity index (χ3n) is 3.02. The van der Waals surface area contributed by atoms with Gasteiger partial charge in [0.15, 0.2) is 5.82 Å². The number of carbonyl (C=O) groups excluding carboxylic acids is 1. The van der Waals surface area contributed by atoms with E-state index in [0.717, 1.165) is 31.6 Å². The molecule has 0 aliphatic heterocycles. The zero-order chi connectivity index (χ0) is 13.7. The van der Waals surface area contributed by atoms with Crippen molar-refractivity contribution in [2.24, 2.45) is 0 Å². The lowest BCUT2D eigenvalue weighted by Gasteiger charge is -2.19. The summed E-state index contributed by atoms with van der Waals surface area (Å²) in [5, 5.41) is 11.8. The minimum atomic E-state index is -0.193. The highest BCUT2D eigenvalue weighted by Gasteiger charge is 2.28. The molecular weight excluding hydrogens is 246 g/mol. The molecule has 0 radical (unpaired) electrons. The van der Waals surface area contributed by atoms with Crippen molar-refractivity contribution in [3.63, 3.8) is 0 Å². The van der Waals surface area contributed by atoms with Crippen molar-refractivity contribution < 1.29 is 9.53 Å². The number of hydrogen-bond donors (Lipinski definition) is 0. The first-order valence-corrected chi connectivity index (χ1v) is 6.89. The van der Waals surface area contributed by atoms with Gasteiger partial charge in [0.2, 0.25) is 0 Å². The van der Waals surface area contributed by atoms with E-state index in [0.29, 0.717) is 25.7 Å². The van der Waals surface area contributed by atoms with Crippen LogP contribution in [0.3, 0.4) is 0 Å². The molecule has 106 valence electrons. The number of ether oxygens (including phenoxy) is 1. The molecule has 1 fully saturated rings. The lowest BCUT2D eigenvalue weighted by Crippen LogP contribution is -2.32. The first-order chi connectivity index (χ1) is 9.24. The maximum absolute atomic E-state index is 11.6. The maximum atomic E-state index is 11.6. The summed E-state index contributed by atoms with van der Waals surface area (Å²) in [6.45, 7) is 6.03. The highest BCUT2D eigenvalue weighted by Crippen LogP contribution is 2.34. The Morgan fingerprint density at radius 2 is 2.26 bits per heavy atom. The fourth-order valence-electron chi connectivity index (χ4n) is 2.04. The van der Waals surface area contributed by atoms with Crippen molar-refractivity contribution in [3.8, 4) is 0 Å². The van der Waals surface area contributed by atoms with E-state index >= 15 is 0 Å². The average Bonchev–Trinajstić information content (AvgIpc) is 3.11. The zero-order valence-electron chi connectivity index (χ0n) is 11.6. The summed E-state index contributed by atoms with van der Waals surface area (Å²) < 4.78 is 6.87. The summed E-state index contributed by atoms with van der Waals surface area (Å²) in [6, 6.07) is 0.455. The van der Waals surface area contributed by atoms with Gasteiger partial charge in [-0.3, -0.25) is 9.69 Å². The molecule has 0 spiro atoms. The van der Waals surface area contributed by atoms with Gasteiger partial charge < -0.3 is 4.74 Å². The van der Waals surface area contributed by atoms with Crippen LogP contribution in [-0.4, -0.2) is 50.8 Å². The largest absolute Gasteiger partial charge is 0.465 e. The number of aromatic nitrogens is 4. The predicted octanol–water partition coefficient (Wildman–Crippen LogP) is 0.783. The van der Waals surface area contributed by atoms with Crippen LogP contribution >= 0.6 is 0 Å². The minimum absolute atomic E-state index is 0.193. The van der Waals surface area contributed by atoms with Crippen LogP contribution in [0.15, 0.2) is 0 Å². The van der Waals surface area contributed by atoms with Gasteiger partial charge in [-0.1, -0.05) is 6.92 Å². The van der Waals surface area contributed by atoms with Crippen LogP contribution in [0.4, 0.5) is 0 Å². The summed E-state index contributed by atoms with van der Waals surface area (Å²) in [5.41, 5.74) is 0. The molecule has 0 atom stereocenters. The molecule has 2 rings (SSSR count). The Bertz CT molecular complexity index is 416. The van der Waals surface area contributed by atoms with Crippen LogP contribution in [0, 0.1) is 0 Å². The SMILES string of the molecule is CCCN(CC(=O)OCC)Cc1nnnn1C1CC1.